The Bertz CT molecular complexity index is 530. The van der Waals surface area contributed by atoms with E-state index < -0.39 is 11.6 Å². The second-order valence-electron chi connectivity index (χ2n) is 5.95. The maximum Gasteiger partial charge on any atom is 0.303 e. The van der Waals surface area contributed by atoms with E-state index >= 15 is 0 Å². The Morgan fingerprint density at radius 1 is 1.23 bits per heavy atom. The summed E-state index contributed by atoms with van der Waals surface area (Å²) in [7, 11) is 0. The van der Waals surface area contributed by atoms with Crippen LogP contribution in [0.5, 0.6) is 0 Å². The van der Waals surface area contributed by atoms with E-state index in [2.05, 4.69) is 12.1 Å². The van der Waals surface area contributed by atoms with Crippen molar-refractivity contribution < 1.29 is 14.3 Å². The molecule has 1 aliphatic heterocycles. The Kier molecular flexibility index (Phi) is 5.51. The molecule has 1 aliphatic rings. The molecule has 1 atom stereocenters. The number of carbonyl (C=O) groups is 2. The van der Waals surface area contributed by atoms with Gasteiger partial charge in [0.05, 0.1) is 0 Å². The number of benzene rings is 1. The number of esters is 1. The molecule has 1 fully saturated rings. The van der Waals surface area contributed by atoms with Crippen LogP contribution in [0.4, 0.5) is 0 Å². The second kappa shape index (κ2) is 7.18. The molecule has 0 spiro atoms. The number of nitrogens with zero attached hydrogens (tertiary/aromatic N) is 1. The van der Waals surface area contributed by atoms with Gasteiger partial charge in [0.15, 0.2) is 5.60 Å². The number of carbonyl (C=O) groups excluding carboxylic acids is 2. The van der Waals surface area contributed by atoms with Gasteiger partial charge in [-0.05, 0) is 25.8 Å². The van der Waals surface area contributed by atoms with E-state index in [-0.39, 0.29) is 5.91 Å². The maximum atomic E-state index is 12.6. The first kappa shape index (κ1) is 16.9. The second-order valence-corrected chi connectivity index (χ2v) is 7.27. The monoisotopic (exact) mass is 321 g/mol. The van der Waals surface area contributed by atoms with E-state index in [1.54, 1.807) is 13.8 Å². The standard InChI is InChI=1S/C17H23NO3S/c1-13(19)21-17(2,3)16(20)18-10-9-15(22-12-11-18)14-7-5-4-6-8-14/h4-8,15H,9-12H2,1-3H3/t15-/m0/s1. The molecule has 1 aromatic rings. The number of thioether (sulfide) groups is 1. The van der Waals surface area contributed by atoms with Crippen LogP contribution in [0.1, 0.15) is 38.0 Å². The Hall–Kier alpha value is -1.49. The lowest BCUT2D eigenvalue weighted by Crippen LogP contribution is -2.48. The minimum atomic E-state index is -1.09. The van der Waals surface area contributed by atoms with Gasteiger partial charge in [0.1, 0.15) is 0 Å². The van der Waals surface area contributed by atoms with Crippen LogP contribution < -0.4 is 0 Å². The molecule has 5 heteroatoms. The highest BCUT2D eigenvalue weighted by Gasteiger charge is 2.36. The van der Waals surface area contributed by atoms with Crippen molar-refractivity contribution in [2.45, 2.75) is 38.0 Å². The largest absolute Gasteiger partial charge is 0.450 e. The minimum absolute atomic E-state index is 0.114. The van der Waals surface area contributed by atoms with Crippen LogP contribution in [0.3, 0.4) is 0 Å². The van der Waals surface area contributed by atoms with E-state index in [9.17, 15) is 9.59 Å². The maximum absolute atomic E-state index is 12.6. The molecule has 1 saturated heterocycles. The summed E-state index contributed by atoms with van der Waals surface area (Å²) in [5.74, 6) is 0.350. The van der Waals surface area contributed by atoms with Crippen molar-refractivity contribution in [3.63, 3.8) is 0 Å². The highest BCUT2D eigenvalue weighted by atomic mass is 32.2. The van der Waals surface area contributed by atoms with Gasteiger partial charge in [-0.1, -0.05) is 30.3 Å². The van der Waals surface area contributed by atoms with Crippen molar-refractivity contribution in [2.75, 3.05) is 18.8 Å². The van der Waals surface area contributed by atoms with Crippen LogP contribution in [0.15, 0.2) is 30.3 Å². The molecule has 120 valence electrons. The van der Waals surface area contributed by atoms with Gasteiger partial charge in [-0.3, -0.25) is 9.59 Å². The molecule has 0 aliphatic carbocycles. The van der Waals surface area contributed by atoms with Gasteiger partial charge in [-0.15, -0.1) is 0 Å². The van der Waals surface area contributed by atoms with Gasteiger partial charge >= 0.3 is 5.97 Å². The first-order valence-electron chi connectivity index (χ1n) is 7.55. The highest BCUT2D eigenvalue weighted by Crippen LogP contribution is 2.34. The summed E-state index contributed by atoms with van der Waals surface area (Å²) < 4.78 is 5.17. The molecule has 0 unspecified atom stereocenters. The first-order valence-corrected chi connectivity index (χ1v) is 8.60. The van der Waals surface area contributed by atoms with E-state index in [0.29, 0.717) is 18.3 Å². The van der Waals surface area contributed by atoms with Crippen molar-refractivity contribution in [2.24, 2.45) is 0 Å². The van der Waals surface area contributed by atoms with Gasteiger partial charge in [-0.25, -0.2) is 0 Å². The molecule has 1 aromatic carbocycles. The summed E-state index contributed by atoms with van der Waals surface area (Å²) in [6, 6.07) is 10.4. The van der Waals surface area contributed by atoms with Gasteiger partial charge in [0.2, 0.25) is 0 Å². The fourth-order valence-electron chi connectivity index (χ4n) is 2.69. The fraction of sp³-hybridized carbons (Fsp3) is 0.529. The van der Waals surface area contributed by atoms with Gasteiger partial charge in [-0.2, -0.15) is 11.8 Å². The van der Waals surface area contributed by atoms with E-state index in [1.807, 2.05) is 34.9 Å². The Morgan fingerprint density at radius 2 is 1.91 bits per heavy atom. The smallest absolute Gasteiger partial charge is 0.303 e. The van der Waals surface area contributed by atoms with Crippen LogP contribution >= 0.6 is 11.8 Å². The Labute approximate surface area is 136 Å². The van der Waals surface area contributed by atoms with Gasteiger partial charge in [0.25, 0.3) is 5.91 Å². The summed E-state index contributed by atoms with van der Waals surface area (Å²) >= 11 is 1.88. The van der Waals surface area contributed by atoms with Crippen LogP contribution in [0, 0.1) is 0 Å². The van der Waals surface area contributed by atoms with Crippen LogP contribution in [0.2, 0.25) is 0 Å². The van der Waals surface area contributed by atoms with Crippen molar-refractivity contribution in [1.29, 1.82) is 0 Å². The zero-order valence-corrected chi connectivity index (χ0v) is 14.2. The number of rotatable bonds is 3. The summed E-state index contributed by atoms with van der Waals surface area (Å²) in [6.07, 6.45) is 0.913. The zero-order chi connectivity index (χ0) is 16.2. The van der Waals surface area contributed by atoms with Gasteiger partial charge in [0, 0.05) is 31.0 Å². The summed E-state index contributed by atoms with van der Waals surface area (Å²) in [4.78, 5) is 25.6. The van der Waals surface area contributed by atoms with Crippen molar-refractivity contribution in [3.8, 4) is 0 Å². The zero-order valence-electron chi connectivity index (χ0n) is 13.4. The quantitative estimate of drug-likeness (QED) is 0.803. The third-order valence-corrected chi connectivity index (χ3v) is 5.04. The molecule has 0 bridgehead atoms. The Morgan fingerprint density at radius 3 is 2.55 bits per heavy atom. The molecule has 0 N–H and O–H groups in total. The molecular formula is C17H23NO3S. The predicted molar refractivity (Wildman–Crippen MR) is 88.7 cm³/mol. The van der Waals surface area contributed by atoms with Crippen molar-refractivity contribution >= 4 is 23.6 Å². The molecule has 0 aromatic heterocycles. The summed E-state index contributed by atoms with van der Waals surface area (Å²) in [5.41, 5.74) is 0.212. The van der Waals surface area contributed by atoms with Crippen molar-refractivity contribution in [1.82, 2.24) is 4.90 Å². The number of hydrogen-bond donors (Lipinski definition) is 0. The molecule has 22 heavy (non-hydrogen) atoms. The lowest BCUT2D eigenvalue weighted by Gasteiger charge is -2.30. The van der Waals surface area contributed by atoms with Crippen molar-refractivity contribution in [3.05, 3.63) is 35.9 Å². The lowest BCUT2D eigenvalue weighted by atomic mass is 10.1. The van der Waals surface area contributed by atoms with E-state index in [0.717, 1.165) is 12.2 Å². The van der Waals surface area contributed by atoms with Gasteiger partial charge < -0.3 is 9.64 Å². The third kappa shape index (κ3) is 4.26. The molecule has 0 radical (unpaired) electrons. The minimum Gasteiger partial charge on any atom is -0.450 e. The molecule has 4 nitrogen and oxygen atoms in total. The average Bonchev–Trinajstić information content (AvgIpc) is 2.72. The average molecular weight is 321 g/mol. The molecular weight excluding hydrogens is 298 g/mol. The molecule has 0 saturated carbocycles. The van der Waals surface area contributed by atoms with Crippen LogP contribution in [-0.4, -0.2) is 41.2 Å². The van der Waals surface area contributed by atoms with Crippen LogP contribution in [0.25, 0.3) is 0 Å². The normalized spacial score (nSPS) is 19.4. The topological polar surface area (TPSA) is 46.6 Å². The van der Waals surface area contributed by atoms with E-state index in [1.165, 1.54) is 12.5 Å². The Balaban J connectivity index is 2.01. The summed E-state index contributed by atoms with van der Waals surface area (Å²) in [6.45, 7) is 6.03. The predicted octanol–water partition coefficient (Wildman–Crippen LogP) is 3.03. The lowest BCUT2D eigenvalue weighted by molar-refractivity contribution is -0.168. The number of amides is 1. The SMILES string of the molecule is CC(=O)OC(C)(C)C(=O)N1CCS[C@H](c2ccccc2)CC1. The molecule has 2 rings (SSSR count). The van der Waals surface area contributed by atoms with E-state index in [4.69, 9.17) is 4.74 Å². The van der Waals surface area contributed by atoms with Crippen LogP contribution in [-0.2, 0) is 14.3 Å². The first-order chi connectivity index (χ1) is 10.4. The number of hydrogen-bond acceptors (Lipinski definition) is 4. The highest BCUT2D eigenvalue weighted by molar-refractivity contribution is 7.99. The summed E-state index contributed by atoms with van der Waals surface area (Å²) in [5, 5.41) is 0.413. The number of ether oxygens (including phenoxy) is 1. The fourth-order valence-corrected chi connectivity index (χ4v) is 3.92. The molecule has 1 heterocycles. The molecule has 1 amide bonds. The third-order valence-electron chi connectivity index (χ3n) is 3.71.